The molecule has 2 amide bonds. The first-order valence-corrected chi connectivity index (χ1v) is 8.39. The fourth-order valence-corrected chi connectivity index (χ4v) is 3.10. The van der Waals surface area contributed by atoms with E-state index in [1.165, 1.54) is 0 Å². The third-order valence-corrected chi connectivity index (χ3v) is 4.53. The summed E-state index contributed by atoms with van der Waals surface area (Å²) in [4.78, 5) is 31.0. The van der Waals surface area contributed by atoms with Crippen LogP contribution in [-0.4, -0.2) is 74.5 Å². The molecule has 0 aromatic heterocycles. The Labute approximate surface area is 144 Å². The van der Waals surface area contributed by atoms with Crippen LogP contribution in [0.2, 0.25) is 0 Å². The van der Waals surface area contributed by atoms with Gasteiger partial charge in [0.25, 0.3) is 5.91 Å². The molecule has 1 aliphatic heterocycles. The van der Waals surface area contributed by atoms with E-state index in [0.717, 1.165) is 5.69 Å². The molecular formula is C18H28N4O2. The average Bonchev–Trinajstić information content (AvgIpc) is 2.59. The maximum Gasteiger partial charge on any atom is 0.254 e. The van der Waals surface area contributed by atoms with Crippen LogP contribution in [0.25, 0.3) is 0 Å². The van der Waals surface area contributed by atoms with Gasteiger partial charge < -0.3 is 15.1 Å². The van der Waals surface area contributed by atoms with E-state index in [1.54, 1.807) is 11.9 Å². The van der Waals surface area contributed by atoms with Crippen LogP contribution in [0.3, 0.4) is 0 Å². The molecule has 0 bridgehead atoms. The van der Waals surface area contributed by atoms with Crippen molar-refractivity contribution in [2.45, 2.75) is 25.9 Å². The van der Waals surface area contributed by atoms with Gasteiger partial charge in [0.05, 0.1) is 0 Å². The molecule has 0 spiro atoms. The van der Waals surface area contributed by atoms with Crippen molar-refractivity contribution in [3.63, 3.8) is 0 Å². The predicted molar refractivity (Wildman–Crippen MR) is 96.4 cm³/mol. The fourth-order valence-electron chi connectivity index (χ4n) is 3.10. The number of amides is 2. The summed E-state index contributed by atoms with van der Waals surface area (Å²) in [6.07, 6.45) is 0. The smallest absolute Gasteiger partial charge is 0.254 e. The highest BCUT2D eigenvalue weighted by atomic mass is 16.2. The van der Waals surface area contributed by atoms with Crippen molar-refractivity contribution >= 4 is 17.5 Å². The molecule has 1 aliphatic rings. The Balaban J connectivity index is 2.19. The van der Waals surface area contributed by atoms with Crippen LogP contribution in [0.4, 0.5) is 5.69 Å². The van der Waals surface area contributed by atoms with Crippen molar-refractivity contribution in [2.24, 2.45) is 0 Å². The van der Waals surface area contributed by atoms with E-state index in [9.17, 15) is 9.59 Å². The van der Waals surface area contributed by atoms with Gasteiger partial charge >= 0.3 is 0 Å². The number of piperazine rings is 1. The van der Waals surface area contributed by atoms with E-state index in [1.807, 2.05) is 43.3 Å². The monoisotopic (exact) mass is 332 g/mol. The van der Waals surface area contributed by atoms with Gasteiger partial charge in [0.1, 0.15) is 6.04 Å². The SMILES string of the molecule is CNC(=O)[C@@H]1CN(C(=O)c2cccc(N(C)C)c2)CCN1C(C)C. The molecule has 1 N–H and O–H groups in total. The second-order valence-electron chi connectivity index (χ2n) is 6.66. The maximum atomic E-state index is 12.9. The zero-order chi connectivity index (χ0) is 17.9. The number of nitrogens with one attached hydrogen (secondary N) is 1. The molecule has 1 fully saturated rings. The summed E-state index contributed by atoms with van der Waals surface area (Å²) in [5, 5.41) is 2.72. The fraction of sp³-hybridized carbons (Fsp3) is 0.556. The van der Waals surface area contributed by atoms with Gasteiger partial charge in [-0.2, -0.15) is 0 Å². The van der Waals surface area contributed by atoms with Crippen molar-refractivity contribution in [1.29, 1.82) is 0 Å². The third kappa shape index (κ3) is 3.87. The number of hydrogen-bond acceptors (Lipinski definition) is 4. The largest absolute Gasteiger partial charge is 0.378 e. The lowest BCUT2D eigenvalue weighted by Crippen LogP contribution is -2.61. The van der Waals surface area contributed by atoms with E-state index < -0.39 is 0 Å². The lowest BCUT2D eigenvalue weighted by atomic mass is 10.1. The number of anilines is 1. The van der Waals surface area contributed by atoms with Gasteiger partial charge in [-0.1, -0.05) is 6.07 Å². The summed E-state index contributed by atoms with van der Waals surface area (Å²) in [5.41, 5.74) is 1.65. The van der Waals surface area contributed by atoms with E-state index in [-0.39, 0.29) is 23.9 Å². The number of carbonyl (C=O) groups excluding carboxylic acids is 2. The lowest BCUT2D eigenvalue weighted by molar-refractivity contribution is -0.128. The van der Waals surface area contributed by atoms with E-state index in [2.05, 4.69) is 24.1 Å². The van der Waals surface area contributed by atoms with Gasteiger partial charge in [-0.15, -0.1) is 0 Å². The zero-order valence-electron chi connectivity index (χ0n) is 15.2. The predicted octanol–water partition coefficient (Wildman–Crippen LogP) is 1.03. The van der Waals surface area contributed by atoms with Gasteiger partial charge in [-0.3, -0.25) is 14.5 Å². The van der Waals surface area contributed by atoms with Gasteiger partial charge in [-0.05, 0) is 32.0 Å². The molecule has 1 saturated heterocycles. The van der Waals surface area contributed by atoms with E-state index in [4.69, 9.17) is 0 Å². The summed E-state index contributed by atoms with van der Waals surface area (Å²) in [7, 11) is 5.54. The molecule has 6 nitrogen and oxygen atoms in total. The van der Waals surface area contributed by atoms with Crippen LogP contribution in [0.15, 0.2) is 24.3 Å². The summed E-state index contributed by atoms with van der Waals surface area (Å²) in [5.74, 6) is -0.0562. The zero-order valence-corrected chi connectivity index (χ0v) is 15.2. The normalized spacial score (nSPS) is 18.6. The molecule has 1 atom stereocenters. The minimum absolute atomic E-state index is 0.0176. The first-order chi connectivity index (χ1) is 11.3. The van der Waals surface area contributed by atoms with Crippen LogP contribution in [0.5, 0.6) is 0 Å². The summed E-state index contributed by atoms with van der Waals surface area (Å²) < 4.78 is 0. The molecule has 0 aliphatic carbocycles. The number of nitrogens with zero attached hydrogens (tertiary/aromatic N) is 3. The number of carbonyl (C=O) groups is 2. The topological polar surface area (TPSA) is 55.9 Å². The molecule has 0 radical (unpaired) electrons. The second-order valence-corrected chi connectivity index (χ2v) is 6.66. The van der Waals surface area contributed by atoms with E-state index in [0.29, 0.717) is 25.2 Å². The number of hydrogen-bond donors (Lipinski definition) is 1. The highest BCUT2D eigenvalue weighted by molar-refractivity contribution is 5.96. The van der Waals surface area contributed by atoms with Gasteiger partial charge in [0.2, 0.25) is 5.91 Å². The standard InChI is InChI=1S/C18H28N4O2/c1-13(2)22-10-9-21(12-16(22)17(23)19-3)18(24)14-7-6-8-15(11-14)20(4)5/h6-8,11,13,16H,9-10,12H2,1-5H3,(H,19,23)/t16-/m0/s1. The molecule has 1 heterocycles. The number of likely N-dealkylation sites (N-methyl/N-ethyl adjacent to an activating group) is 1. The molecular weight excluding hydrogens is 304 g/mol. The molecule has 132 valence electrons. The Bertz CT molecular complexity index is 600. The second kappa shape index (κ2) is 7.66. The minimum Gasteiger partial charge on any atom is -0.378 e. The van der Waals surface area contributed by atoms with Crippen molar-refractivity contribution in [3.05, 3.63) is 29.8 Å². The number of benzene rings is 1. The molecule has 2 rings (SSSR count). The van der Waals surface area contributed by atoms with Crippen LogP contribution in [0.1, 0.15) is 24.2 Å². The highest BCUT2D eigenvalue weighted by Gasteiger charge is 2.35. The molecule has 24 heavy (non-hydrogen) atoms. The Hall–Kier alpha value is -2.08. The maximum absolute atomic E-state index is 12.9. The first-order valence-electron chi connectivity index (χ1n) is 8.39. The minimum atomic E-state index is -0.301. The van der Waals surface area contributed by atoms with Crippen molar-refractivity contribution in [3.8, 4) is 0 Å². The van der Waals surface area contributed by atoms with Crippen molar-refractivity contribution < 1.29 is 9.59 Å². The molecule has 0 saturated carbocycles. The Kier molecular flexibility index (Phi) is 5.83. The average molecular weight is 332 g/mol. The van der Waals surface area contributed by atoms with Crippen molar-refractivity contribution in [1.82, 2.24) is 15.1 Å². The van der Waals surface area contributed by atoms with Crippen molar-refractivity contribution in [2.75, 3.05) is 45.7 Å². The van der Waals surface area contributed by atoms with Crippen LogP contribution in [0, 0.1) is 0 Å². The summed E-state index contributed by atoms with van der Waals surface area (Å²) >= 11 is 0. The Morgan fingerprint density at radius 2 is 1.96 bits per heavy atom. The van der Waals surface area contributed by atoms with Crippen LogP contribution >= 0.6 is 0 Å². The van der Waals surface area contributed by atoms with E-state index >= 15 is 0 Å². The summed E-state index contributed by atoms with van der Waals surface area (Å²) in [6, 6.07) is 7.56. The van der Waals surface area contributed by atoms with Gasteiger partial charge in [0, 0.05) is 58.1 Å². The van der Waals surface area contributed by atoms with Crippen LogP contribution in [-0.2, 0) is 4.79 Å². The molecule has 1 aromatic carbocycles. The number of rotatable bonds is 4. The lowest BCUT2D eigenvalue weighted by Gasteiger charge is -2.42. The molecule has 1 aromatic rings. The third-order valence-electron chi connectivity index (χ3n) is 4.53. The molecule has 6 heteroatoms. The highest BCUT2D eigenvalue weighted by Crippen LogP contribution is 2.19. The van der Waals surface area contributed by atoms with Gasteiger partial charge in [0.15, 0.2) is 0 Å². The van der Waals surface area contributed by atoms with Crippen LogP contribution < -0.4 is 10.2 Å². The van der Waals surface area contributed by atoms with Gasteiger partial charge in [-0.25, -0.2) is 0 Å². The summed E-state index contributed by atoms with van der Waals surface area (Å²) in [6.45, 7) is 5.91. The first kappa shape index (κ1) is 18.3. The molecule has 0 unspecified atom stereocenters. The Morgan fingerprint density at radius 1 is 1.25 bits per heavy atom. The quantitative estimate of drug-likeness (QED) is 0.895. The Morgan fingerprint density at radius 3 is 2.54 bits per heavy atom.